The number of hydrogen-bond donors (Lipinski definition) is 1. The number of nitrogens with zero attached hydrogens (tertiary/aromatic N) is 1. The first kappa shape index (κ1) is 12.9. The molecule has 0 aromatic heterocycles. The summed E-state index contributed by atoms with van der Waals surface area (Å²) >= 11 is 0. The molecule has 4 nitrogen and oxygen atoms in total. The molecule has 1 fully saturated rings. The van der Waals surface area contributed by atoms with Gasteiger partial charge in [0.15, 0.2) is 0 Å². The van der Waals surface area contributed by atoms with Crippen LogP contribution < -0.4 is 0 Å². The van der Waals surface area contributed by atoms with E-state index in [2.05, 4.69) is 0 Å². The van der Waals surface area contributed by atoms with Crippen LogP contribution in [0.1, 0.15) is 12.8 Å². The standard InChI is InChI=1S/C10H21NO3S/c1-11(2)7-10(8-12)9-3-5-15(13,14)6-4-9/h9-10,12H,3-8H2,1-2H3. The lowest BCUT2D eigenvalue weighted by molar-refractivity contribution is 0.137. The molecule has 0 amide bonds. The van der Waals surface area contributed by atoms with Gasteiger partial charge in [-0.25, -0.2) is 8.42 Å². The molecule has 0 aromatic rings. The van der Waals surface area contributed by atoms with Gasteiger partial charge < -0.3 is 10.0 Å². The van der Waals surface area contributed by atoms with E-state index >= 15 is 0 Å². The quantitative estimate of drug-likeness (QED) is 0.744. The summed E-state index contributed by atoms with van der Waals surface area (Å²) < 4.78 is 22.5. The van der Waals surface area contributed by atoms with E-state index in [1.165, 1.54) is 0 Å². The van der Waals surface area contributed by atoms with E-state index in [1.807, 2.05) is 19.0 Å². The van der Waals surface area contributed by atoms with E-state index < -0.39 is 9.84 Å². The molecule has 0 bridgehead atoms. The molecule has 0 aromatic carbocycles. The minimum Gasteiger partial charge on any atom is -0.396 e. The molecule has 0 saturated carbocycles. The van der Waals surface area contributed by atoms with Crippen molar-refractivity contribution in [3.8, 4) is 0 Å². The lowest BCUT2D eigenvalue weighted by Crippen LogP contribution is -2.35. The molecule has 0 aliphatic carbocycles. The Balaban J connectivity index is 2.49. The average Bonchev–Trinajstić information content (AvgIpc) is 2.14. The SMILES string of the molecule is CN(C)CC(CO)C1CCS(=O)(=O)CC1. The van der Waals surface area contributed by atoms with Crippen molar-refractivity contribution in [3.05, 3.63) is 0 Å². The lowest BCUT2D eigenvalue weighted by atomic mass is 9.88. The second-order valence-electron chi connectivity index (χ2n) is 4.69. The van der Waals surface area contributed by atoms with Gasteiger partial charge in [-0.2, -0.15) is 0 Å². The molecule has 1 atom stereocenters. The summed E-state index contributed by atoms with van der Waals surface area (Å²) in [6.45, 7) is 0.990. The number of hydrogen-bond acceptors (Lipinski definition) is 4. The third-order valence-corrected chi connectivity index (χ3v) is 4.82. The molecule has 15 heavy (non-hydrogen) atoms. The Hall–Kier alpha value is -0.130. The maximum absolute atomic E-state index is 11.3. The Morgan fingerprint density at radius 2 is 1.87 bits per heavy atom. The van der Waals surface area contributed by atoms with Crippen LogP contribution in [0, 0.1) is 11.8 Å². The predicted octanol–water partition coefficient (Wildman–Crippen LogP) is -0.0187. The topological polar surface area (TPSA) is 57.6 Å². The molecular weight excluding hydrogens is 214 g/mol. The van der Waals surface area contributed by atoms with Crippen LogP contribution in [0.15, 0.2) is 0 Å². The molecule has 1 saturated heterocycles. The summed E-state index contributed by atoms with van der Waals surface area (Å²) in [7, 11) is 1.17. The molecule has 0 radical (unpaired) electrons. The van der Waals surface area contributed by atoms with Gasteiger partial charge in [0.1, 0.15) is 9.84 Å². The summed E-state index contributed by atoms with van der Waals surface area (Å²) in [6.07, 6.45) is 1.42. The van der Waals surface area contributed by atoms with Crippen molar-refractivity contribution in [1.82, 2.24) is 4.90 Å². The van der Waals surface area contributed by atoms with Gasteiger partial charge >= 0.3 is 0 Å². The van der Waals surface area contributed by atoms with Crippen molar-refractivity contribution < 1.29 is 13.5 Å². The van der Waals surface area contributed by atoms with Gasteiger partial charge in [-0.3, -0.25) is 0 Å². The summed E-state index contributed by atoms with van der Waals surface area (Å²) in [5, 5.41) is 9.28. The van der Waals surface area contributed by atoms with E-state index in [4.69, 9.17) is 0 Å². The minimum absolute atomic E-state index is 0.156. The van der Waals surface area contributed by atoms with Crippen LogP contribution in [0.3, 0.4) is 0 Å². The van der Waals surface area contributed by atoms with Gasteiger partial charge in [-0.1, -0.05) is 0 Å². The fourth-order valence-electron chi connectivity index (χ4n) is 2.20. The molecule has 5 heteroatoms. The molecule has 1 rings (SSSR count). The maximum atomic E-state index is 11.3. The van der Waals surface area contributed by atoms with Crippen LogP contribution >= 0.6 is 0 Å². The highest BCUT2D eigenvalue weighted by atomic mass is 32.2. The van der Waals surface area contributed by atoms with Crippen LogP contribution in [0.25, 0.3) is 0 Å². The summed E-state index contributed by atoms with van der Waals surface area (Å²) in [4.78, 5) is 2.05. The first-order chi connectivity index (χ1) is 6.94. The maximum Gasteiger partial charge on any atom is 0.150 e. The Morgan fingerprint density at radius 3 is 2.27 bits per heavy atom. The van der Waals surface area contributed by atoms with Crippen LogP contribution in [0.5, 0.6) is 0 Å². The Morgan fingerprint density at radius 1 is 1.33 bits per heavy atom. The number of sulfone groups is 1. The zero-order chi connectivity index (χ0) is 11.5. The first-order valence-electron chi connectivity index (χ1n) is 5.40. The van der Waals surface area contributed by atoms with Crippen LogP contribution in [-0.4, -0.2) is 57.2 Å². The molecule has 0 spiro atoms. The van der Waals surface area contributed by atoms with Crippen molar-refractivity contribution in [2.75, 3.05) is 38.8 Å². The highest BCUT2D eigenvalue weighted by Crippen LogP contribution is 2.26. The van der Waals surface area contributed by atoms with Crippen LogP contribution in [0.4, 0.5) is 0 Å². The normalized spacial score (nSPS) is 24.3. The predicted molar refractivity (Wildman–Crippen MR) is 60.5 cm³/mol. The third kappa shape index (κ3) is 4.09. The van der Waals surface area contributed by atoms with Gasteiger partial charge in [0, 0.05) is 13.2 Å². The van der Waals surface area contributed by atoms with E-state index in [0.717, 1.165) is 6.54 Å². The smallest absolute Gasteiger partial charge is 0.150 e. The Labute approximate surface area is 92.2 Å². The van der Waals surface area contributed by atoms with Gasteiger partial charge in [0.05, 0.1) is 11.5 Å². The molecule has 1 N–H and O–H groups in total. The van der Waals surface area contributed by atoms with Crippen molar-refractivity contribution in [1.29, 1.82) is 0 Å². The van der Waals surface area contributed by atoms with Gasteiger partial charge in [-0.15, -0.1) is 0 Å². The van der Waals surface area contributed by atoms with Crippen molar-refractivity contribution >= 4 is 9.84 Å². The molecule has 1 aliphatic rings. The number of rotatable bonds is 4. The Kier molecular flexibility index (Phi) is 4.55. The second-order valence-corrected chi connectivity index (χ2v) is 7.00. The third-order valence-electron chi connectivity index (χ3n) is 3.10. The van der Waals surface area contributed by atoms with Gasteiger partial charge in [0.2, 0.25) is 0 Å². The molecule has 1 aliphatic heterocycles. The average molecular weight is 235 g/mol. The fraction of sp³-hybridized carbons (Fsp3) is 1.00. The van der Waals surface area contributed by atoms with E-state index in [9.17, 15) is 13.5 Å². The first-order valence-corrected chi connectivity index (χ1v) is 7.23. The van der Waals surface area contributed by atoms with E-state index in [-0.39, 0.29) is 12.5 Å². The lowest BCUT2D eigenvalue weighted by Gasteiger charge is -2.30. The Bertz CT molecular complexity index is 273. The monoisotopic (exact) mass is 235 g/mol. The highest BCUT2D eigenvalue weighted by molar-refractivity contribution is 7.91. The summed E-state index contributed by atoms with van der Waals surface area (Å²) in [5.41, 5.74) is 0. The van der Waals surface area contributed by atoms with Gasteiger partial charge in [-0.05, 0) is 38.8 Å². The van der Waals surface area contributed by atoms with Crippen molar-refractivity contribution in [3.63, 3.8) is 0 Å². The molecular formula is C10H21NO3S. The van der Waals surface area contributed by atoms with E-state index in [0.29, 0.717) is 30.3 Å². The van der Waals surface area contributed by atoms with Crippen LogP contribution in [-0.2, 0) is 9.84 Å². The number of aliphatic hydroxyl groups excluding tert-OH is 1. The summed E-state index contributed by atoms with van der Waals surface area (Å²) in [5.74, 6) is 1.17. The highest BCUT2D eigenvalue weighted by Gasteiger charge is 2.29. The minimum atomic E-state index is -2.78. The summed E-state index contributed by atoms with van der Waals surface area (Å²) in [6, 6.07) is 0. The van der Waals surface area contributed by atoms with Crippen LogP contribution in [0.2, 0.25) is 0 Å². The fourth-order valence-corrected chi connectivity index (χ4v) is 3.73. The molecule has 90 valence electrons. The van der Waals surface area contributed by atoms with Crippen molar-refractivity contribution in [2.45, 2.75) is 12.8 Å². The zero-order valence-electron chi connectivity index (χ0n) is 9.52. The number of aliphatic hydroxyl groups is 1. The van der Waals surface area contributed by atoms with Gasteiger partial charge in [0.25, 0.3) is 0 Å². The van der Waals surface area contributed by atoms with E-state index in [1.54, 1.807) is 0 Å². The molecule has 1 heterocycles. The zero-order valence-corrected chi connectivity index (χ0v) is 10.3. The van der Waals surface area contributed by atoms with Crippen molar-refractivity contribution in [2.24, 2.45) is 11.8 Å². The molecule has 1 unspecified atom stereocenters. The second kappa shape index (κ2) is 5.27. The largest absolute Gasteiger partial charge is 0.396 e.